The van der Waals surface area contributed by atoms with Gasteiger partial charge >= 0.3 is 6.09 Å². The average molecular weight is 1120 g/mol. The molecule has 2 aromatic heterocycles. The zero-order chi connectivity index (χ0) is 59.5. The van der Waals surface area contributed by atoms with Gasteiger partial charge in [0, 0.05) is 136 Å². The van der Waals surface area contributed by atoms with Gasteiger partial charge in [0.05, 0.1) is 51.3 Å². The van der Waals surface area contributed by atoms with E-state index in [4.69, 9.17) is 28.8 Å². The van der Waals surface area contributed by atoms with Crippen LogP contribution in [-0.2, 0) is 31.8 Å². The number of amides is 2. The zero-order valence-electron chi connectivity index (χ0n) is 49.9. The number of carbonyl (C=O) groups is 2. The van der Waals surface area contributed by atoms with Crippen LogP contribution in [0, 0.1) is 22.7 Å². The van der Waals surface area contributed by atoms with Gasteiger partial charge < -0.3 is 60.4 Å². The highest BCUT2D eigenvalue weighted by molar-refractivity contribution is 6.92. The Hall–Kier alpha value is -7.80. The third-order valence-electron chi connectivity index (χ3n) is 15.1. The molecule has 20 heteroatoms. The quantitative estimate of drug-likeness (QED) is 0.0850. The van der Waals surface area contributed by atoms with Crippen LogP contribution in [0.2, 0.25) is 0 Å². The van der Waals surface area contributed by atoms with E-state index in [1.165, 1.54) is 11.3 Å². The van der Waals surface area contributed by atoms with Gasteiger partial charge in [-0.25, -0.2) is 4.79 Å². The molecule has 7 heterocycles. The average Bonchev–Trinajstić information content (AvgIpc) is 3.07. The van der Waals surface area contributed by atoms with Gasteiger partial charge in [0.1, 0.15) is 29.7 Å². The van der Waals surface area contributed by atoms with Crippen molar-refractivity contribution in [3.63, 3.8) is 0 Å². The molecular weight excluding hydrogens is 1040 g/mol. The minimum Gasteiger partial charge on any atom is -0.444 e. The Morgan fingerprint density at radius 3 is 2.04 bits per heavy atom. The number of benzene rings is 4. The van der Waals surface area contributed by atoms with Crippen LogP contribution < -0.4 is 41.3 Å². The predicted octanol–water partition coefficient (Wildman–Crippen LogP) is 6.93. The van der Waals surface area contributed by atoms with Crippen LogP contribution in [0.25, 0.3) is 21.8 Å². The SMILES string of the molecule is C[C@@H]1CN(c2ccc(C#N)c3ncccc23)C[C@H](C(=O)NCCc2cc(N3CCN(C(=O)OC(C)(C)C)CC3)ccc2N)O1.C[C@@H]1CN(c2ccc(C#N)c3ncccc23)C[C@H](C2=NCCc3cc(N4CCNCC4)ccc3N2)O1.[3H]P([3H])[3H]. The summed E-state index contributed by atoms with van der Waals surface area (Å²) in [5, 5.41) is 31.0. The number of aromatic nitrogens is 2. The number of nitriles is 2. The lowest BCUT2D eigenvalue weighted by Gasteiger charge is -2.39. The molecule has 4 saturated heterocycles. The Morgan fingerprint density at radius 2 is 1.40 bits per heavy atom. The minimum atomic E-state index is -1.87. The minimum absolute atomic E-state index is 0.0356. The van der Waals surface area contributed by atoms with Gasteiger partial charge in [-0.3, -0.25) is 19.8 Å². The molecule has 424 valence electrons. The first-order chi connectivity index (χ1) is 40.4. The number of nitrogens with zero attached hydrogens (tertiary/aromatic N) is 10. The van der Waals surface area contributed by atoms with Crippen LogP contribution in [-0.4, -0.2) is 158 Å². The van der Waals surface area contributed by atoms with Gasteiger partial charge in [0.15, 0.2) is 6.10 Å². The number of anilines is 6. The Morgan fingerprint density at radius 1 is 0.790 bits per heavy atom. The van der Waals surface area contributed by atoms with Crippen LogP contribution in [0.1, 0.15) is 56.9 Å². The lowest BCUT2D eigenvalue weighted by atomic mass is 10.1. The van der Waals surface area contributed by atoms with Crippen molar-refractivity contribution in [3.8, 4) is 12.1 Å². The fourth-order valence-corrected chi connectivity index (χ4v) is 11.2. The molecule has 5 aliphatic heterocycles. The lowest BCUT2D eigenvalue weighted by molar-refractivity contribution is -0.137. The molecule has 81 heavy (non-hydrogen) atoms. The van der Waals surface area contributed by atoms with Crippen molar-refractivity contribution < 1.29 is 23.8 Å². The van der Waals surface area contributed by atoms with Crippen molar-refractivity contribution >= 4 is 83.5 Å². The summed E-state index contributed by atoms with van der Waals surface area (Å²) in [6, 6.07) is 32.5. The molecule has 0 bridgehead atoms. The third-order valence-corrected chi connectivity index (χ3v) is 15.1. The van der Waals surface area contributed by atoms with Crippen molar-refractivity contribution in [1.82, 2.24) is 25.5 Å². The highest BCUT2D eigenvalue weighted by atomic mass is 31.0. The Balaban J connectivity index is 0.000000192. The lowest BCUT2D eigenvalue weighted by Crippen LogP contribution is -2.53. The summed E-state index contributed by atoms with van der Waals surface area (Å²) in [6.07, 6.45) is 3.67. The van der Waals surface area contributed by atoms with Gasteiger partial charge in [-0.2, -0.15) is 20.3 Å². The Bertz CT molecular complexity index is 3410. The molecule has 4 fully saturated rings. The molecule has 4 aromatic carbocycles. The summed E-state index contributed by atoms with van der Waals surface area (Å²) < 4.78 is 35.9. The number of nitrogens with two attached hydrogens (primary N) is 1. The maximum absolute atomic E-state index is 13.2. The largest absolute Gasteiger partial charge is 0.444 e. The topological polar surface area (TPSA) is 226 Å². The van der Waals surface area contributed by atoms with E-state index in [-0.39, 0.29) is 30.3 Å². The fourth-order valence-electron chi connectivity index (χ4n) is 11.2. The van der Waals surface area contributed by atoms with Gasteiger partial charge in [0.2, 0.25) is 0 Å². The predicted molar refractivity (Wildman–Crippen MR) is 326 cm³/mol. The number of nitrogens with one attached hydrogen (secondary N) is 3. The van der Waals surface area contributed by atoms with Crippen LogP contribution in [0.3, 0.4) is 0 Å². The van der Waals surface area contributed by atoms with Crippen LogP contribution >= 0.6 is 9.73 Å². The third kappa shape index (κ3) is 13.7. The van der Waals surface area contributed by atoms with E-state index in [2.05, 4.69) is 88.8 Å². The van der Waals surface area contributed by atoms with Crippen molar-refractivity contribution in [2.75, 3.05) is 122 Å². The number of carbonyl (C=O) groups excluding carboxylic acids is 2. The highest BCUT2D eigenvalue weighted by Crippen LogP contribution is 2.34. The molecule has 0 spiro atoms. The summed E-state index contributed by atoms with van der Waals surface area (Å²) in [7, 11) is -1.87. The van der Waals surface area contributed by atoms with Gasteiger partial charge in [-0.1, -0.05) is 0 Å². The number of rotatable bonds is 9. The molecule has 0 saturated carbocycles. The van der Waals surface area contributed by atoms with E-state index >= 15 is 0 Å². The number of morpholine rings is 2. The maximum atomic E-state index is 13.2. The number of aliphatic imine (C=N–C) groups is 1. The molecule has 4 atom stereocenters. The molecule has 0 aliphatic carbocycles. The van der Waals surface area contributed by atoms with Crippen molar-refractivity contribution in [2.45, 2.75) is 77.5 Å². The number of fused-ring (bicyclic) bond motifs is 3. The van der Waals surface area contributed by atoms with Crippen LogP contribution in [0.5, 0.6) is 0 Å². The van der Waals surface area contributed by atoms with Gasteiger partial charge in [-0.05, 0) is 144 Å². The zero-order valence-corrected chi connectivity index (χ0v) is 47.8. The van der Waals surface area contributed by atoms with E-state index in [1.54, 1.807) is 23.4 Å². The van der Waals surface area contributed by atoms with E-state index in [9.17, 15) is 20.1 Å². The first-order valence-corrected chi connectivity index (χ1v) is 27.9. The van der Waals surface area contributed by atoms with E-state index in [0.717, 1.165) is 96.1 Å². The second-order valence-electron chi connectivity index (χ2n) is 22.1. The molecule has 0 radical (unpaired) electrons. The number of piperazine rings is 2. The molecule has 6 aromatic rings. The Labute approximate surface area is 481 Å². The molecular formula is C61H75N14O5P. The molecule has 2 amide bonds. The Kier molecular flexibility index (Phi) is 17.1. The van der Waals surface area contributed by atoms with Gasteiger partial charge in [0.25, 0.3) is 5.91 Å². The standard InChI is InChI=1S/C33H41N7O4.C28H31N7O.H3P/c1-22-20-40(28-10-7-24(19-34)30-26(28)6-5-12-36-30)21-29(43-22)31(41)37-13-11-23-18-25(8-9-27(23)35)38-14-16-39(17-15-38)32(42)44-33(2,3)4;1-19-17-35(25-7-4-21(16-29)27-23(25)3-2-9-31-27)18-26(36-19)28-32-10-8-20-15-22(5-6-24(20)33-28)34-13-11-30-12-14-34;/h5-10,12,18,22,29H,11,13-17,20-21,35H2,1-4H3,(H,37,41);2-7,9,15,19,26,30H,8,10-14,17-18H2,1H3,(H,32,33);1H3/t22-,29-;19-,26-;/m11./s1/i;;1T3. The maximum Gasteiger partial charge on any atom is 0.410 e. The van der Waals surface area contributed by atoms with E-state index < -0.39 is 21.4 Å². The smallest absolute Gasteiger partial charge is 0.410 e. The number of nitrogen functional groups attached to an aromatic ring is 1. The van der Waals surface area contributed by atoms with Gasteiger partial charge in [-0.15, -0.1) is 0 Å². The van der Waals surface area contributed by atoms with Crippen LogP contribution in [0.15, 0.2) is 102 Å². The highest BCUT2D eigenvalue weighted by Gasteiger charge is 2.34. The number of amidine groups is 1. The summed E-state index contributed by atoms with van der Waals surface area (Å²) in [5.74, 6) is 0.710. The normalized spacial score (nSPS) is 20.7. The van der Waals surface area contributed by atoms with E-state index in [1.807, 2.05) is 82.3 Å². The second-order valence-corrected chi connectivity index (χ2v) is 22.1. The van der Waals surface area contributed by atoms with Crippen molar-refractivity contribution in [3.05, 3.63) is 120 Å². The molecule has 11 rings (SSSR count). The molecule has 19 nitrogen and oxygen atoms in total. The van der Waals surface area contributed by atoms with Crippen molar-refractivity contribution in [1.29, 1.82) is 14.4 Å². The second kappa shape index (κ2) is 25.8. The first-order valence-electron chi connectivity index (χ1n) is 29.2. The molecule has 0 unspecified atom stereocenters. The molecule has 5 N–H and O–H groups in total. The summed E-state index contributed by atoms with van der Waals surface area (Å²) >= 11 is 0. The number of hydrogen-bond donors (Lipinski definition) is 4. The first kappa shape index (κ1) is 53.8. The van der Waals surface area contributed by atoms with E-state index in [0.29, 0.717) is 81.1 Å². The fraction of sp³-hybridized carbons (Fsp3) is 0.426. The number of ether oxygens (including phenoxy) is 3. The van der Waals surface area contributed by atoms with Crippen LogP contribution in [0.4, 0.5) is 38.9 Å². The van der Waals surface area contributed by atoms with Crippen molar-refractivity contribution in [2.24, 2.45) is 4.99 Å². The number of pyridine rings is 2. The molecule has 5 aliphatic rings. The summed E-state index contributed by atoms with van der Waals surface area (Å²) in [4.78, 5) is 50.4. The monoisotopic (exact) mass is 1120 g/mol. The number of hydrogen-bond acceptors (Lipinski definition) is 17. The summed E-state index contributed by atoms with van der Waals surface area (Å²) in [5.41, 5.74) is 16.7. The summed E-state index contributed by atoms with van der Waals surface area (Å²) in [6.45, 7) is 19.9.